The summed E-state index contributed by atoms with van der Waals surface area (Å²) < 4.78 is 42.4. The van der Waals surface area contributed by atoms with Crippen LogP contribution in [-0.2, 0) is 4.74 Å². The highest BCUT2D eigenvalue weighted by Crippen LogP contribution is 2.40. The van der Waals surface area contributed by atoms with Crippen molar-refractivity contribution in [2.75, 3.05) is 20.8 Å². The molecule has 1 aliphatic rings. The van der Waals surface area contributed by atoms with Crippen molar-refractivity contribution in [2.24, 2.45) is 11.8 Å². The predicted octanol–water partition coefficient (Wildman–Crippen LogP) is 2.59. The molecule has 5 heteroatoms. The van der Waals surface area contributed by atoms with Crippen LogP contribution in [-0.4, -0.2) is 33.0 Å². The maximum absolute atomic E-state index is 12.5. The van der Waals surface area contributed by atoms with Gasteiger partial charge < -0.3 is 10.1 Å². The van der Waals surface area contributed by atoms with Crippen LogP contribution in [0, 0.1) is 11.8 Å². The molecule has 1 rings (SSSR count). The van der Waals surface area contributed by atoms with E-state index in [0.717, 1.165) is 0 Å². The maximum atomic E-state index is 12.5. The molecule has 2 nitrogen and oxygen atoms in total. The van der Waals surface area contributed by atoms with Gasteiger partial charge in [-0.2, -0.15) is 13.2 Å². The second-order valence-electron chi connectivity index (χ2n) is 4.50. The molecule has 1 atom stereocenters. The molecule has 0 aliphatic heterocycles. The molecule has 0 bridgehead atoms. The van der Waals surface area contributed by atoms with Gasteiger partial charge in [0.25, 0.3) is 0 Å². The summed E-state index contributed by atoms with van der Waals surface area (Å²) in [5.74, 6) is -0.785. The topological polar surface area (TPSA) is 21.3 Å². The van der Waals surface area contributed by atoms with Gasteiger partial charge in [-0.15, -0.1) is 0 Å². The average Bonchev–Trinajstić information content (AvgIpc) is 2.25. The van der Waals surface area contributed by atoms with E-state index in [2.05, 4.69) is 5.32 Å². The molecule has 0 aromatic carbocycles. The molecule has 0 saturated heterocycles. The van der Waals surface area contributed by atoms with Crippen LogP contribution < -0.4 is 5.32 Å². The summed E-state index contributed by atoms with van der Waals surface area (Å²) in [6.07, 6.45) is -2.22. The summed E-state index contributed by atoms with van der Waals surface area (Å²) in [5.41, 5.74) is 0. The van der Waals surface area contributed by atoms with Gasteiger partial charge in [-0.1, -0.05) is 0 Å². The first-order valence-electron chi connectivity index (χ1n) is 5.72. The zero-order valence-electron chi connectivity index (χ0n) is 9.81. The van der Waals surface area contributed by atoms with E-state index in [1.807, 2.05) is 7.05 Å². The first kappa shape index (κ1) is 13.8. The molecule has 16 heavy (non-hydrogen) atoms. The van der Waals surface area contributed by atoms with Crippen LogP contribution in [0.5, 0.6) is 0 Å². The van der Waals surface area contributed by atoms with E-state index in [1.54, 1.807) is 7.11 Å². The summed E-state index contributed by atoms with van der Waals surface area (Å²) in [6, 6.07) is 0.180. The predicted molar refractivity (Wildman–Crippen MR) is 56.2 cm³/mol. The fraction of sp³-hybridized carbons (Fsp3) is 1.00. The number of rotatable bonds is 4. The SMILES string of the molecule is CNC(COC)C1CCC(C(F)(F)F)CC1. The Morgan fingerprint density at radius 1 is 1.25 bits per heavy atom. The second kappa shape index (κ2) is 5.87. The monoisotopic (exact) mass is 239 g/mol. The van der Waals surface area contributed by atoms with Gasteiger partial charge in [0.2, 0.25) is 0 Å². The molecule has 1 aliphatic carbocycles. The van der Waals surface area contributed by atoms with Crippen molar-refractivity contribution in [3.8, 4) is 0 Å². The maximum Gasteiger partial charge on any atom is 0.391 e. The number of alkyl halides is 3. The Balaban J connectivity index is 2.41. The lowest BCUT2D eigenvalue weighted by Gasteiger charge is -2.34. The van der Waals surface area contributed by atoms with E-state index in [0.29, 0.717) is 25.4 Å². The largest absolute Gasteiger partial charge is 0.391 e. The molecule has 1 saturated carbocycles. The Morgan fingerprint density at radius 3 is 2.19 bits per heavy atom. The van der Waals surface area contributed by atoms with Crippen LogP contribution in [0.3, 0.4) is 0 Å². The van der Waals surface area contributed by atoms with E-state index >= 15 is 0 Å². The minimum absolute atomic E-state index is 0.180. The van der Waals surface area contributed by atoms with E-state index in [-0.39, 0.29) is 18.9 Å². The lowest BCUT2D eigenvalue weighted by molar-refractivity contribution is -0.184. The zero-order chi connectivity index (χ0) is 12.2. The van der Waals surface area contributed by atoms with Crippen molar-refractivity contribution in [2.45, 2.75) is 37.9 Å². The van der Waals surface area contributed by atoms with Gasteiger partial charge in [-0.25, -0.2) is 0 Å². The van der Waals surface area contributed by atoms with Crippen LogP contribution in [0.15, 0.2) is 0 Å². The number of halogens is 3. The molecule has 96 valence electrons. The molecule has 0 spiro atoms. The Labute approximate surface area is 94.5 Å². The van der Waals surface area contributed by atoms with E-state index < -0.39 is 12.1 Å². The van der Waals surface area contributed by atoms with E-state index in [1.165, 1.54) is 0 Å². The second-order valence-corrected chi connectivity index (χ2v) is 4.50. The van der Waals surface area contributed by atoms with Gasteiger partial charge in [-0.3, -0.25) is 0 Å². The first-order chi connectivity index (χ1) is 7.49. The van der Waals surface area contributed by atoms with E-state index in [9.17, 15) is 13.2 Å². The quantitative estimate of drug-likeness (QED) is 0.814. The molecule has 1 fully saturated rings. The number of ether oxygens (including phenoxy) is 1. The summed E-state index contributed by atoms with van der Waals surface area (Å²) in [6.45, 7) is 0.567. The number of hydrogen-bond acceptors (Lipinski definition) is 2. The highest BCUT2D eigenvalue weighted by atomic mass is 19.4. The average molecular weight is 239 g/mol. The minimum atomic E-state index is -4.01. The first-order valence-corrected chi connectivity index (χ1v) is 5.72. The summed E-state index contributed by atoms with van der Waals surface area (Å²) in [5, 5.41) is 3.12. The number of methoxy groups -OCH3 is 1. The van der Waals surface area contributed by atoms with Gasteiger partial charge in [0.05, 0.1) is 12.5 Å². The van der Waals surface area contributed by atoms with Crippen molar-refractivity contribution in [3.63, 3.8) is 0 Å². The summed E-state index contributed by atoms with van der Waals surface area (Å²) >= 11 is 0. The molecule has 0 aromatic rings. The molecule has 1 N–H and O–H groups in total. The third-order valence-electron chi connectivity index (χ3n) is 3.52. The van der Waals surface area contributed by atoms with Crippen molar-refractivity contribution in [1.29, 1.82) is 0 Å². The molecular weight excluding hydrogens is 219 g/mol. The number of likely N-dealkylation sites (N-methyl/N-ethyl adjacent to an activating group) is 1. The van der Waals surface area contributed by atoms with E-state index in [4.69, 9.17) is 4.74 Å². The zero-order valence-corrected chi connectivity index (χ0v) is 9.81. The van der Waals surface area contributed by atoms with Gasteiger partial charge in [0.15, 0.2) is 0 Å². The van der Waals surface area contributed by atoms with Gasteiger partial charge in [-0.05, 0) is 38.6 Å². The normalized spacial score (nSPS) is 29.1. The third-order valence-corrected chi connectivity index (χ3v) is 3.52. The highest BCUT2D eigenvalue weighted by molar-refractivity contribution is 4.83. The van der Waals surface area contributed by atoms with Crippen molar-refractivity contribution in [1.82, 2.24) is 5.32 Å². The van der Waals surface area contributed by atoms with Gasteiger partial charge in [0, 0.05) is 13.2 Å². The summed E-state index contributed by atoms with van der Waals surface area (Å²) in [4.78, 5) is 0. The van der Waals surface area contributed by atoms with Crippen LogP contribution in [0.25, 0.3) is 0 Å². The van der Waals surface area contributed by atoms with Gasteiger partial charge in [0.1, 0.15) is 0 Å². The third kappa shape index (κ3) is 3.63. The van der Waals surface area contributed by atoms with Crippen molar-refractivity contribution < 1.29 is 17.9 Å². The van der Waals surface area contributed by atoms with Gasteiger partial charge >= 0.3 is 6.18 Å². The lowest BCUT2D eigenvalue weighted by Crippen LogP contribution is -2.40. The molecule has 0 heterocycles. The van der Waals surface area contributed by atoms with Crippen LogP contribution in [0.4, 0.5) is 13.2 Å². The Hall–Kier alpha value is -0.290. The highest BCUT2D eigenvalue weighted by Gasteiger charge is 2.42. The van der Waals surface area contributed by atoms with Crippen LogP contribution in [0.1, 0.15) is 25.7 Å². The van der Waals surface area contributed by atoms with Crippen LogP contribution >= 0.6 is 0 Å². The number of hydrogen-bond donors (Lipinski definition) is 1. The number of nitrogens with one attached hydrogen (secondary N) is 1. The van der Waals surface area contributed by atoms with Crippen molar-refractivity contribution >= 4 is 0 Å². The standard InChI is InChI=1S/C11H20F3NO/c1-15-10(7-16-2)8-3-5-9(6-4-8)11(12,13)14/h8-10,15H,3-7H2,1-2H3. The minimum Gasteiger partial charge on any atom is -0.383 e. The molecule has 0 radical (unpaired) electrons. The summed E-state index contributed by atoms with van der Waals surface area (Å²) in [7, 11) is 3.45. The molecule has 0 aromatic heterocycles. The Morgan fingerprint density at radius 2 is 1.81 bits per heavy atom. The Kier molecular flexibility index (Phi) is 5.05. The van der Waals surface area contributed by atoms with Crippen LogP contribution in [0.2, 0.25) is 0 Å². The lowest BCUT2D eigenvalue weighted by atomic mass is 9.78. The fourth-order valence-corrected chi connectivity index (χ4v) is 2.48. The fourth-order valence-electron chi connectivity index (χ4n) is 2.48. The Bertz CT molecular complexity index is 200. The molecular formula is C11H20F3NO. The molecule has 0 amide bonds. The molecule has 1 unspecified atom stereocenters. The smallest absolute Gasteiger partial charge is 0.383 e. The van der Waals surface area contributed by atoms with Crippen molar-refractivity contribution in [3.05, 3.63) is 0 Å².